The number of rotatable bonds is 5. The monoisotopic (exact) mass is 415 g/mol. The zero-order valence-electron chi connectivity index (χ0n) is 16.1. The van der Waals surface area contributed by atoms with Crippen LogP contribution in [-0.4, -0.2) is 35.7 Å². The van der Waals surface area contributed by atoms with Gasteiger partial charge in [-0.1, -0.05) is 24.3 Å². The summed E-state index contributed by atoms with van der Waals surface area (Å²) in [6.07, 6.45) is 3.21. The highest BCUT2D eigenvalue weighted by molar-refractivity contribution is 7.13. The molecule has 9 heteroatoms. The summed E-state index contributed by atoms with van der Waals surface area (Å²) in [4.78, 5) is 20.4. The molecule has 1 N–H and O–H groups in total. The Morgan fingerprint density at radius 2 is 1.97 bits per heavy atom. The van der Waals surface area contributed by atoms with E-state index in [-0.39, 0.29) is 5.91 Å². The molecule has 0 aliphatic carbocycles. The lowest BCUT2D eigenvalue weighted by molar-refractivity contribution is 0.102. The molecule has 8 nitrogen and oxygen atoms in total. The van der Waals surface area contributed by atoms with E-state index in [4.69, 9.17) is 4.98 Å². The summed E-state index contributed by atoms with van der Waals surface area (Å²) in [7, 11) is 0. The first-order chi connectivity index (χ1) is 14.7. The fourth-order valence-electron chi connectivity index (χ4n) is 3.21. The van der Waals surface area contributed by atoms with E-state index < -0.39 is 0 Å². The van der Waals surface area contributed by atoms with Crippen LogP contribution in [0.4, 0.5) is 5.82 Å². The van der Waals surface area contributed by atoms with Gasteiger partial charge in [-0.05, 0) is 36.6 Å². The molecule has 0 fully saturated rings. The van der Waals surface area contributed by atoms with Crippen LogP contribution in [0.3, 0.4) is 0 Å². The number of benzene rings is 1. The molecule has 1 amide bonds. The minimum absolute atomic E-state index is 0.282. The molecular weight excluding hydrogens is 398 g/mol. The molecule has 5 rings (SSSR count). The van der Waals surface area contributed by atoms with Gasteiger partial charge in [-0.2, -0.15) is 10.2 Å². The summed E-state index contributed by atoms with van der Waals surface area (Å²) in [5, 5.41) is 18.5. The summed E-state index contributed by atoms with van der Waals surface area (Å²) in [6, 6.07) is 15.3. The van der Waals surface area contributed by atoms with Crippen molar-refractivity contribution in [3.05, 3.63) is 71.9 Å². The number of carbonyl (C=O) groups excluding carboxylic acids is 1. The van der Waals surface area contributed by atoms with Gasteiger partial charge in [-0.3, -0.25) is 4.79 Å². The van der Waals surface area contributed by atoms with Crippen LogP contribution in [0, 0.1) is 0 Å². The van der Waals surface area contributed by atoms with Crippen molar-refractivity contribution in [2.75, 3.05) is 5.32 Å². The Labute approximate surface area is 175 Å². The highest BCUT2D eigenvalue weighted by Crippen LogP contribution is 2.28. The molecule has 0 aliphatic rings. The van der Waals surface area contributed by atoms with E-state index in [1.165, 1.54) is 11.0 Å². The van der Waals surface area contributed by atoms with Crippen molar-refractivity contribution in [2.45, 2.75) is 13.5 Å². The van der Waals surface area contributed by atoms with Crippen LogP contribution in [0.25, 0.3) is 27.3 Å². The number of hydrogen-bond acceptors (Lipinski definition) is 6. The Hall–Kier alpha value is -3.85. The highest BCUT2D eigenvalue weighted by atomic mass is 32.1. The number of fused-ring (bicyclic) bond motifs is 1. The van der Waals surface area contributed by atoms with Gasteiger partial charge in [-0.25, -0.2) is 9.67 Å². The van der Waals surface area contributed by atoms with E-state index in [9.17, 15) is 4.79 Å². The number of nitrogens with zero attached hydrogens (tertiary/aromatic N) is 6. The van der Waals surface area contributed by atoms with Gasteiger partial charge >= 0.3 is 0 Å². The van der Waals surface area contributed by atoms with E-state index in [0.29, 0.717) is 29.0 Å². The molecule has 1 aromatic carbocycles. The van der Waals surface area contributed by atoms with Crippen molar-refractivity contribution in [3.63, 3.8) is 0 Å². The lowest BCUT2D eigenvalue weighted by atomic mass is 10.1. The number of carbonyl (C=O) groups is 1. The minimum atomic E-state index is -0.282. The Bertz CT molecular complexity index is 1320. The predicted molar refractivity (Wildman–Crippen MR) is 116 cm³/mol. The lowest BCUT2D eigenvalue weighted by Crippen LogP contribution is -2.14. The van der Waals surface area contributed by atoms with Gasteiger partial charge in [0, 0.05) is 6.54 Å². The fourth-order valence-corrected chi connectivity index (χ4v) is 3.89. The first-order valence-electron chi connectivity index (χ1n) is 9.42. The molecule has 0 aliphatic heterocycles. The van der Waals surface area contributed by atoms with Crippen molar-refractivity contribution >= 4 is 34.1 Å². The Kier molecular flexibility index (Phi) is 4.56. The number of para-hydroxylation sites is 1. The largest absolute Gasteiger partial charge is 0.304 e. The summed E-state index contributed by atoms with van der Waals surface area (Å²) >= 11 is 1.58. The number of aromatic nitrogens is 6. The Balaban J connectivity index is 1.52. The SMILES string of the molecule is CCn1ncc2c(C(=O)Nc3cnn(-c4ccccc4)n3)cc(-c3cccs3)nc21. The number of aryl methyl sites for hydroxylation is 1. The minimum Gasteiger partial charge on any atom is -0.304 e. The number of thiophene rings is 1. The summed E-state index contributed by atoms with van der Waals surface area (Å²) < 4.78 is 1.79. The normalized spacial score (nSPS) is 11.1. The van der Waals surface area contributed by atoms with Crippen LogP contribution in [0.15, 0.2) is 66.3 Å². The molecule has 0 bridgehead atoms. The third kappa shape index (κ3) is 3.25. The zero-order chi connectivity index (χ0) is 20.5. The van der Waals surface area contributed by atoms with Crippen molar-refractivity contribution < 1.29 is 4.79 Å². The average Bonchev–Trinajstić information content (AvgIpc) is 3.54. The average molecular weight is 415 g/mol. The van der Waals surface area contributed by atoms with Crippen LogP contribution >= 0.6 is 11.3 Å². The van der Waals surface area contributed by atoms with Gasteiger partial charge in [0.1, 0.15) is 0 Å². The first-order valence-corrected chi connectivity index (χ1v) is 10.3. The first kappa shape index (κ1) is 18.2. The third-order valence-electron chi connectivity index (χ3n) is 4.65. The maximum absolute atomic E-state index is 13.1. The highest BCUT2D eigenvalue weighted by Gasteiger charge is 2.18. The van der Waals surface area contributed by atoms with E-state index in [1.807, 2.05) is 54.8 Å². The molecule has 0 saturated carbocycles. The van der Waals surface area contributed by atoms with E-state index >= 15 is 0 Å². The van der Waals surface area contributed by atoms with E-state index in [0.717, 1.165) is 16.3 Å². The van der Waals surface area contributed by atoms with Crippen LogP contribution < -0.4 is 5.32 Å². The number of nitrogens with one attached hydrogen (secondary N) is 1. The predicted octanol–water partition coefficient (Wildman–Crippen LogP) is 4.01. The number of hydrogen-bond donors (Lipinski definition) is 1. The van der Waals surface area contributed by atoms with Crippen molar-refractivity contribution in [3.8, 4) is 16.3 Å². The Morgan fingerprint density at radius 1 is 1.10 bits per heavy atom. The second-order valence-corrected chi connectivity index (χ2v) is 7.49. The molecule has 0 saturated heterocycles. The summed E-state index contributed by atoms with van der Waals surface area (Å²) in [5.74, 6) is 0.0883. The number of anilines is 1. The van der Waals surface area contributed by atoms with Gasteiger partial charge in [0.05, 0.1) is 39.6 Å². The zero-order valence-corrected chi connectivity index (χ0v) is 16.9. The van der Waals surface area contributed by atoms with Gasteiger partial charge in [-0.15, -0.1) is 21.2 Å². The van der Waals surface area contributed by atoms with E-state index in [2.05, 4.69) is 20.6 Å². The van der Waals surface area contributed by atoms with Gasteiger partial charge in [0.2, 0.25) is 0 Å². The van der Waals surface area contributed by atoms with Crippen LogP contribution in [-0.2, 0) is 6.54 Å². The maximum Gasteiger partial charge on any atom is 0.257 e. The number of pyridine rings is 1. The molecule has 4 aromatic heterocycles. The molecule has 148 valence electrons. The molecule has 0 unspecified atom stereocenters. The second kappa shape index (κ2) is 7.53. The fraction of sp³-hybridized carbons (Fsp3) is 0.0952. The summed E-state index contributed by atoms with van der Waals surface area (Å²) in [6.45, 7) is 2.66. The second-order valence-electron chi connectivity index (χ2n) is 6.54. The number of amides is 1. The molecule has 0 atom stereocenters. The molecule has 30 heavy (non-hydrogen) atoms. The van der Waals surface area contributed by atoms with Crippen molar-refractivity contribution in [2.24, 2.45) is 0 Å². The van der Waals surface area contributed by atoms with Crippen LogP contribution in [0.2, 0.25) is 0 Å². The van der Waals surface area contributed by atoms with E-state index in [1.54, 1.807) is 28.3 Å². The quantitative estimate of drug-likeness (QED) is 0.468. The lowest BCUT2D eigenvalue weighted by Gasteiger charge is -2.07. The summed E-state index contributed by atoms with van der Waals surface area (Å²) in [5.41, 5.74) is 2.73. The molecule has 5 aromatic rings. The standard InChI is InChI=1S/C21H17N7OS/c1-2-27-20-16(12-22-27)15(11-17(24-20)18-9-6-10-30-18)21(29)25-19-13-23-28(26-19)14-7-4-3-5-8-14/h3-13H,2H2,1H3,(H,25,26,29). The van der Waals surface area contributed by atoms with Crippen molar-refractivity contribution in [1.82, 2.24) is 29.8 Å². The topological polar surface area (TPSA) is 90.5 Å². The Morgan fingerprint density at radius 3 is 2.73 bits per heavy atom. The molecule has 4 heterocycles. The smallest absolute Gasteiger partial charge is 0.257 e. The molecular formula is C21H17N7OS. The van der Waals surface area contributed by atoms with Crippen LogP contribution in [0.5, 0.6) is 0 Å². The maximum atomic E-state index is 13.1. The molecule has 0 radical (unpaired) electrons. The van der Waals surface area contributed by atoms with Gasteiger partial charge < -0.3 is 5.32 Å². The molecule has 0 spiro atoms. The third-order valence-corrected chi connectivity index (χ3v) is 5.54. The van der Waals surface area contributed by atoms with Crippen LogP contribution in [0.1, 0.15) is 17.3 Å². The van der Waals surface area contributed by atoms with Gasteiger partial charge in [0.15, 0.2) is 11.5 Å². The van der Waals surface area contributed by atoms with Gasteiger partial charge in [0.25, 0.3) is 5.91 Å². The van der Waals surface area contributed by atoms with Crippen molar-refractivity contribution in [1.29, 1.82) is 0 Å².